The van der Waals surface area contributed by atoms with E-state index < -0.39 is 9.84 Å². The lowest BCUT2D eigenvalue weighted by Gasteiger charge is -2.03. The van der Waals surface area contributed by atoms with Gasteiger partial charge in [-0.15, -0.1) is 0 Å². The minimum absolute atomic E-state index is 0.0196. The molecule has 0 unspecified atom stereocenters. The second-order valence-electron chi connectivity index (χ2n) is 3.65. The Labute approximate surface area is 121 Å². The monoisotopic (exact) mass is 313 g/mol. The molecule has 0 amide bonds. The van der Waals surface area contributed by atoms with E-state index in [9.17, 15) is 8.42 Å². The number of sulfone groups is 1. The standard InChI is InChI=1S/C13H9Cl2NO2S/c14-11-5-3-6-12(13(11)15)19(17,18)9-7-10-4-1-2-8-16-10/h1-9H/b9-7+. The van der Waals surface area contributed by atoms with Gasteiger partial charge < -0.3 is 0 Å². The Morgan fingerprint density at radius 2 is 1.84 bits per heavy atom. The molecule has 19 heavy (non-hydrogen) atoms. The molecular formula is C13H9Cl2NO2S. The van der Waals surface area contributed by atoms with Gasteiger partial charge >= 0.3 is 0 Å². The van der Waals surface area contributed by atoms with Crippen LogP contribution in [0.15, 0.2) is 52.9 Å². The molecule has 0 atom stereocenters. The lowest BCUT2D eigenvalue weighted by molar-refractivity contribution is 0.605. The first-order valence-corrected chi connectivity index (χ1v) is 7.59. The Morgan fingerprint density at radius 1 is 1.05 bits per heavy atom. The molecule has 0 saturated heterocycles. The number of halogens is 2. The zero-order chi connectivity index (χ0) is 13.9. The number of pyridine rings is 1. The van der Waals surface area contributed by atoms with Crippen LogP contribution < -0.4 is 0 Å². The van der Waals surface area contributed by atoms with Crippen molar-refractivity contribution in [1.82, 2.24) is 4.98 Å². The fraction of sp³-hybridized carbons (Fsp3) is 0. The van der Waals surface area contributed by atoms with E-state index in [4.69, 9.17) is 23.2 Å². The van der Waals surface area contributed by atoms with Crippen LogP contribution >= 0.6 is 23.2 Å². The molecular weight excluding hydrogens is 305 g/mol. The third kappa shape index (κ3) is 3.35. The number of hydrogen-bond acceptors (Lipinski definition) is 3. The fourth-order valence-electron chi connectivity index (χ4n) is 1.41. The summed E-state index contributed by atoms with van der Waals surface area (Å²) >= 11 is 11.7. The maximum absolute atomic E-state index is 12.1. The van der Waals surface area contributed by atoms with Crippen molar-refractivity contribution in [3.05, 3.63) is 63.7 Å². The molecule has 2 aromatic rings. The molecule has 2 rings (SSSR count). The van der Waals surface area contributed by atoms with E-state index >= 15 is 0 Å². The highest BCUT2D eigenvalue weighted by Gasteiger charge is 2.16. The molecule has 1 aromatic carbocycles. The minimum Gasteiger partial charge on any atom is -0.257 e. The van der Waals surface area contributed by atoms with Crippen LogP contribution in [0.5, 0.6) is 0 Å². The van der Waals surface area contributed by atoms with E-state index in [0.29, 0.717) is 5.69 Å². The van der Waals surface area contributed by atoms with E-state index in [1.165, 1.54) is 24.3 Å². The lowest BCUT2D eigenvalue weighted by atomic mass is 10.3. The van der Waals surface area contributed by atoms with Gasteiger partial charge in [0.2, 0.25) is 9.84 Å². The predicted molar refractivity (Wildman–Crippen MR) is 76.9 cm³/mol. The van der Waals surface area contributed by atoms with Gasteiger partial charge in [0.15, 0.2) is 0 Å². The largest absolute Gasteiger partial charge is 0.257 e. The SMILES string of the molecule is O=S(=O)(/C=C/c1ccccn1)c1cccc(Cl)c1Cl. The van der Waals surface area contributed by atoms with Gasteiger partial charge in [0.05, 0.1) is 20.6 Å². The molecule has 1 heterocycles. The van der Waals surface area contributed by atoms with Crippen LogP contribution in [0.25, 0.3) is 6.08 Å². The van der Waals surface area contributed by atoms with Gasteiger partial charge in [0.25, 0.3) is 0 Å². The number of nitrogens with zero attached hydrogens (tertiary/aromatic N) is 1. The van der Waals surface area contributed by atoms with Crippen LogP contribution in [-0.2, 0) is 9.84 Å². The summed E-state index contributed by atoms with van der Waals surface area (Å²) in [5.41, 5.74) is 0.546. The molecule has 0 aliphatic rings. The van der Waals surface area contributed by atoms with Gasteiger partial charge in [-0.2, -0.15) is 0 Å². The van der Waals surface area contributed by atoms with E-state index in [1.807, 2.05) is 0 Å². The maximum atomic E-state index is 12.1. The summed E-state index contributed by atoms with van der Waals surface area (Å²) in [6.45, 7) is 0. The van der Waals surface area contributed by atoms with Crippen molar-refractivity contribution < 1.29 is 8.42 Å². The number of benzene rings is 1. The Kier molecular flexibility index (Phi) is 4.24. The Hall–Kier alpha value is -1.36. The normalized spacial score (nSPS) is 11.9. The summed E-state index contributed by atoms with van der Waals surface area (Å²) in [5, 5.41) is 1.29. The summed E-state index contributed by atoms with van der Waals surface area (Å²) in [4.78, 5) is 3.99. The van der Waals surface area contributed by atoms with Gasteiger partial charge in [-0.05, 0) is 30.3 Å². The van der Waals surface area contributed by atoms with Gasteiger partial charge in [0.1, 0.15) is 0 Å². The van der Waals surface area contributed by atoms with Crippen molar-refractivity contribution in [2.45, 2.75) is 4.90 Å². The first-order chi connectivity index (χ1) is 9.00. The van der Waals surface area contributed by atoms with Crippen LogP contribution in [0.2, 0.25) is 10.0 Å². The van der Waals surface area contributed by atoms with Crippen LogP contribution in [0.4, 0.5) is 0 Å². The Bertz CT molecular complexity index is 713. The highest BCUT2D eigenvalue weighted by Crippen LogP contribution is 2.30. The highest BCUT2D eigenvalue weighted by atomic mass is 35.5. The van der Waals surface area contributed by atoms with E-state index in [-0.39, 0.29) is 14.9 Å². The van der Waals surface area contributed by atoms with Crippen LogP contribution in [0.1, 0.15) is 5.69 Å². The Morgan fingerprint density at radius 3 is 2.53 bits per heavy atom. The topological polar surface area (TPSA) is 47.0 Å². The number of rotatable bonds is 3. The summed E-state index contributed by atoms with van der Waals surface area (Å²) in [5.74, 6) is 0. The van der Waals surface area contributed by atoms with Crippen LogP contribution in [0, 0.1) is 0 Å². The molecule has 1 aromatic heterocycles. The summed E-state index contributed by atoms with van der Waals surface area (Å²) in [6, 6.07) is 9.70. The van der Waals surface area contributed by atoms with Crippen LogP contribution in [0.3, 0.4) is 0 Å². The van der Waals surface area contributed by atoms with Crippen molar-refractivity contribution in [3.63, 3.8) is 0 Å². The lowest BCUT2D eigenvalue weighted by Crippen LogP contribution is -1.97. The van der Waals surface area contributed by atoms with E-state index in [0.717, 1.165) is 5.41 Å². The highest BCUT2D eigenvalue weighted by molar-refractivity contribution is 7.94. The number of aromatic nitrogens is 1. The zero-order valence-electron chi connectivity index (χ0n) is 9.62. The second-order valence-corrected chi connectivity index (χ2v) is 6.24. The molecule has 0 spiro atoms. The van der Waals surface area contributed by atoms with Crippen LogP contribution in [-0.4, -0.2) is 13.4 Å². The first kappa shape index (κ1) is 14.1. The maximum Gasteiger partial charge on any atom is 0.201 e. The molecule has 0 saturated carbocycles. The predicted octanol–water partition coefficient (Wildman–Crippen LogP) is 3.83. The average molecular weight is 314 g/mol. The second kappa shape index (κ2) is 5.74. The quantitative estimate of drug-likeness (QED) is 0.865. The molecule has 0 bridgehead atoms. The van der Waals surface area contributed by atoms with E-state index in [2.05, 4.69) is 4.98 Å². The van der Waals surface area contributed by atoms with Crippen molar-refractivity contribution in [1.29, 1.82) is 0 Å². The van der Waals surface area contributed by atoms with Crippen molar-refractivity contribution >= 4 is 39.1 Å². The molecule has 0 aliphatic heterocycles. The van der Waals surface area contributed by atoms with Crippen molar-refractivity contribution in [3.8, 4) is 0 Å². The minimum atomic E-state index is -3.65. The summed E-state index contributed by atoms with van der Waals surface area (Å²) in [7, 11) is -3.65. The first-order valence-electron chi connectivity index (χ1n) is 5.29. The molecule has 0 fully saturated rings. The molecule has 98 valence electrons. The Balaban J connectivity index is 2.39. The zero-order valence-corrected chi connectivity index (χ0v) is 12.0. The molecule has 0 aliphatic carbocycles. The molecule has 6 heteroatoms. The number of hydrogen-bond donors (Lipinski definition) is 0. The summed E-state index contributed by atoms with van der Waals surface area (Å²) < 4.78 is 24.2. The fourth-order valence-corrected chi connectivity index (χ4v) is 3.18. The van der Waals surface area contributed by atoms with Gasteiger partial charge in [-0.3, -0.25) is 4.98 Å². The average Bonchev–Trinajstić information content (AvgIpc) is 2.41. The third-order valence-corrected chi connectivity index (χ3v) is 4.71. The van der Waals surface area contributed by atoms with Crippen molar-refractivity contribution in [2.24, 2.45) is 0 Å². The smallest absolute Gasteiger partial charge is 0.201 e. The molecule has 0 N–H and O–H groups in total. The van der Waals surface area contributed by atoms with E-state index in [1.54, 1.807) is 24.4 Å². The summed E-state index contributed by atoms with van der Waals surface area (Å²) in [6.07, 6.45) is 2.99. The van der Waals surface area contributed by atoms with Gasteiger partial charge in [-0.1, -0.05) is 35.3 Å². The van der Waals surface area contributed by atoms with Gasteiger partial charge in [0, 0.05) is 11.6 Å². The van der Waals surface area contributed by atoms with Gasteiger partial charge in [-0.25, -0.2) is 8.42 Å². The van der Waals surface area contributed by atoms with Crippen molar-refractivity contribution in [2.75, 3.05) is 0 Å². The molecule has 0 radical (unpaired) electrons. The third-order valence-electron chi connectivity index (χ3n) is 2.33. The molecule has 3 nitrogen and oxygen atoms in total.